The summed E-state index contributed by atoms with van der Waals surface area (Å²) in [5, 5.41) is 17.5. The van der Waals surface area contributed by atoms with Crippen LogP contribution in [0, 0.1) is 0 Å². The van der Waals surface area contributed by atoms with Crippen molar-refractivity contribution >= 4 is 11.8 Å². The third kappa shape index (κ3) is 3.81. The first kappa shape index (κ1) is 13.5. The van der Waals surface area contributed by atoms with Gasteiger partial charge in [0.1, 0.15) is 0 Å². The highest BCUT2D eigenvalue weighted by Gasteiger charge is 2.21. The second-order valence-electron chi connectivity index (χ2n) is 4.41. The van der Waals surface area contributed by atoms with Crippen LogP contribution < -0.4 is 5.32 Å². The van der Waals surface area contributed by atoms with Gasteiger partial charge >= 0.3 is 0 Å². The standard InChI is InChI=1S/C11H21N3OS/c1-9(10-5-6-13-14(10)3)12-7-11(2,15)8-16-4/h5-6,9,12,15H,7-8H2,1-4H3. The Morgan fingerprint density at radius 3 is 2.88 bits per heavy atom. The van der Waals surface area contributed by atoms with E-state index < -0.39 is 5.60 Å². The first-order valence-electron chi connectivity index (χ1n) is 5.39. The molecule has 2 unspecified atom stereocenters. The first-order valence-corrected chi connectivity index (χ1v) is 6.78. The predicted molar refractivity (Wildman–Crippen MR) is 68.6 cm³/mol. The maximum atomic E-state index is 10.0. The van der Waals surface area contributed by atoms with Crippen molar-refractivity contribution in [1.29, 1.82) is 0 Å². The maximum Gasteiger partial charge on any atom is 0.0833 e. The molecule has 0 bridgehead atoms. The fourth-order valence-electron chi connectivity index (χ4n) is 1.65. The van der Waals surface area contributed by atoms with Crippen molar-refractivity contribution in [1.82, 2.24) is 15.1 Å². The minimum atomic E-state index is -0.660. The lowest BCUT2D eigenvalue weighted by molar-refractivity contribution is 0.0817. The Labute approximate surface area is 101 Å². The van der Waals surface area contributed by atoms with E-state index >= 15 is 0 Å². The number of hydrogen-bond acceptors (Lipinski definition) is 4. The summed E-state index contributed by atoms with van der Waals surface area (Å²) < 4.78 is 1.85. The van der Waals surface area contributed by atoms with Crippen LogP contribution in [0.15, 0.2) is 12.3 Å². The highest BCUT2D eigenvalue weighted by Crippen LogP contribution is 2.14. The molecule has 1 heterocycles. The van der Waals surface area contributed by atoms with Gasteiger partial charge in [0.2, 0.25) is 0 Å². The molecule has 4 nitrogen and oxygen atoms in total. The molecule has 0 saturated carbocycles. The number of aryl methyl sites for hydroxylation is 1. The fourth-order valence-corrected chi connectivity index (χ4v) is 2.37. The molecule has 1 aromatic heterocycles. The van der Waals surface area contributed by atoms with Crippen molar-refractivity contribution < 1.29 is 5.11 Å². The summed E-state index contributed by atoms with van der Waals surface area (Å²) >= 11 is 1.65. The predicted octanol–water partition coefficient (Wildman–Crippen LogP) is 1.18. The van der Waals surface area contributed by atoms with Gasteiger partial charge < -0.3 is 10.4 Å². The molecule has 92 valence electrons. The Bertz CT molecular complexity index is 325. The maximum absolute atomic E-state index is 10.0. The summed E-state index contributed by atoms with van der Waals surface area (Å²) in [6.07, 6.45) is 3.78. The van der Waals surface area contributed by atoms with E-state index in [-0.39, 0.29) is 6.04 Å². The van der Waals surface area contributed by atoms with Crippen LogP contribution in [0.5, 0.6) is 0 Å². The van der Waals surface area contributed by atoms with Crippen LogP contribution in [0.4, 0.5) is 0 Å². The summed E-state index contributed by atoms with van der Waals surface area (Å²) in [5.74, 6) is 0.734. The molecule has 0 radical (unpaired) electrons. The molecule has 0 amide bonds. The fraction of sp³-hybridized carbons (Fsp3) is 0.727. The average molecular weight is 243 g/mol. The van der Waals surface area contributed by atoms with Crippen molar-refractivity contribution in [3.63, 3.8) is 0 Å². The molecule has 0 aliphatic rings. The van der Waals surface area contributed by atoms with Gasteiger partial charge in [-0.1, -0.05) is 0 Å². The smallest absolute Gasteiger partial charge is 0.0833 e. The highest BCUT2D eigenvalue weighted by molar-refractivity contribution is 7.98. The van der Waals surface area contributed by atoms with Crippen LogP contribution in [0.2, 0.25) is 0 Å². The largest absolute Gasteiger partial charge is 0.388 e. The highest BCUT2D eigenvalue weighted by atomic mass is 32.2. The molecule has 0 fully saturated rings. The summed E-state index contributed by atoms with van der Waals surface area (Å²) in [6, 6.07) is 2.18. The van der Waals surface area contributed by atoms with Crippen molar-refractivity contribution in [2.45, 2.75) is 25.5 Å². The van der Waals surface area contributed by atoms with Crippen LogP contribution in [-0.4, -0.2) is 39.0 Å². The molecule has 5 heteroatoms. The second kappa shape index (κ2) is 5.70. The second-order valence-corrected chi connectivity index (χ2v) is 5.28. The number of nitrogens with one attached hydrogen (secondary N) is 1. The van der Waals surface area contributed by atoms with E-state index in [9.17, 15) is 5.11 Å². The molecule has 16 heavy (non-hydrogen) atoms. The molecular weight excluding hydrogens is 222 g/mol. The van der Waals surface area contributed by atoms with Crippen LogP contribution in [0.3, 0.4) is 0 Å². The minimum Gasteiger partial charge on any atom is -0.388 e. The van der Waals surface area contributed by atoms with Crippen molar-refractivity contribution in [3.8, 4) is 0 Å². The van der Waals surface area contributed by atoms with E-state index in [1.807, 2.05) is 31.0 Å². The molecule has 0 aliphatic carbocycles. The first-order chi connectivity index (χ1) is 7.46. The molecule has 2 atom stereocenters. The molecular formula is C11H21N3OS. The van der Waals surface area contributed by atoms with Crippen molar-refractivity contribution in [3.05, 3.63) is 18.0 Å². The summed E-state index contributed by atoms with van der Waals surface area (Å²) in [6.45, 7) is 4.51. The number of rotatable bonds is 6. The van der Waals surface area contributed by atoms with Gasteiger partial charge in [-0.25, -0.2) is 0 Å². The van der Waals surface area contributed by atoms with Gasteiger partial charge in [-0.05, 0) is 26.2 Å². The van der Waals surface area contributed by atoms with Crippen LogP contribution in [-0.2, 0) is 7.05 Å². The lowest BCUT2D eigenvalue weighted by atomic mass is 10.1. The lowest BCUT2D eigenvalue weighted by Gasteiger charge is -2.25. The van der Waals surface area contributed by atoms with Gasteiger partial charge in [0.15, 0.2) is 0 Å². The van der Waals surface area contributed by atoms with Gasteiger partial charge in [-0.15, -0.1) is 0 Å². The zero-order valence-electron chi connectivity index (χ0n) is 10.4. The molecule has 1 rings (SSSR count). The number of aliphatic hydroxyl groups is 1. The Balaban J connectivity index is 2.47. The summed E-state index contributed by atoms with van der Waals surface area (Å²) in [7, 11) is 1.92. The van der Waals surface area contributed by atoms with E-state index in [0.29, 0.717) is 6.54 Å². The molecule has 0 aromatic carbocycles. The molecule has 0 saturated heterocycles. The van der Waals surface area contributed by atoms with E-state index in [0.717, 1.165) is 11.4 Å². The number of hydrogen-bond donors (Lipinski definition) is 2. The summed E-state index contributed by atoms with van der Waals surface area (Å²) in [4.78, 5) is 0. The monoisotopic (exact) mass is 243 g/mol. The average Bonchev–Trinajstić information content (AvgIpc) is 2.61. The van der Waals surface area contributed by atoms with E-state index in [1.165, 1.54) is 0 Å². The number of aromatic nitrogens is 2. The Morgan fingerprint density at radius 2 is 2.38 bits per heavy atom. The number of nitrogens with zero attached hydrogens (tertiary/aromatic N) is 2. The Kier molecular flexibility index (Phi) is 4.83. The van der Waals surface area contributed by atoms with E-state index in [2.05, 4.69) is 17.3 Å². The minimum absolute atomic E-state index is 0.195. The normalized spacial score (nSPS) is 17.1. The molecule has 0 aliphatic heterocycles. The van der Waals surface area contributed by atoms with Gasteiger partial charge in [-0.3, -0.25) is 4.68 Å². The Hall–Kier alpha value is -0.520. The van der Waals surface area contributed by atoms with Crippen molar-refractivity contribution in [2.24, 2.45) is 7.05 Å². The van der Waals surface area contributed by atoms with Gasteiger partial charge in [-0.2, -0.15) is 16.9 Å². The summed E-state index contributed by atoms with van der Waals surface area (Å²) in [5.41, 5.74) is 0.465. The quantitative estimate of drug-likeness (QED) is 0.788. The lowest BCUT2D eigenvalue weighted by Crippen LogP contribution is -2.41. The van der Waals surface area contributed by atoms with Crippen LogP contribution in [0.25, 0.3) is 0 Å². The molecule has 1 aromatic rings. The molecule has 0 spiro atoms. The zero-order chi connectivity index (χ0) is 12.2. The van der Waals surface area contributed by atoms with Crippen LogP contribution in [0.1, 0.15) is 25.6 Å². The van der Waals surface area contributed by atoms with Gasteiger partial charge in [0, 0.05) is 31.6 Å². The van der Waals surface area contributed by atoms with Crippen LogP contribution >= 0.6 is 11.8 Å². The SMILES string of the molecule is CSCC(C)(O)CNC(C)c1ccnn1C. The molecule has 2 N–H and O–H groups in total. The van der Waals surface area contributed by atoms with Crippen molar-refractivity contribution in [2.75, 3.05) is 18.6 Å². The van der Waals surface area contributed by atoms with E-state index in [4.69, 9.17) is 0 Å². The zero-order valence-corrected chi connectivity index (χ0v) is 11.2. The van der Waals surface area contributed by atoms with Gasteiger partial charge in [0.25, 0.3) is 0 Å². The third-order valence-corrected chi connectivity index (χ3v) is 3.46. The number of thioether (sulfide) groups is 1. The Morgan fingerprint density at radius 1 is 1.69 bits per heavy atom. The van der Waals surface area contributed by atoms with Gasteiger partial charge in [0.05, 0.1) is 11.3 Å². The topological polar surface area (TPSA) is 50.1 Å². The third-order valence-electron chi connectivity index (χ3n) is 2.55. The van der Waals surface area contributed by atoms with E-state index in [1.54, 1.807) is 18.0 Å².